The van der Waals surface area contributed by atoms with E-state index in [9.17, 15) is 9.59 Å². The Morgan fingerprint density at radius 3 is 2.21 bits per heavy atom. The molecule has 2 aromatic rings. The van der Waals surface area contributed by atoms with Gasteiger partial charge in [0, 0.05) is 17.8 Å². The Morgan fingerprint density at radius 2 is 1.69 bits per heavy atom. The van der Waals surface area contributed by atoms with Gasteiger partial charge in [-0.2, -0.15) is 5.10 Å². The summed E-state index contributed by atoms with van der Waals surface area (Å²) in [7, 11) is 0. The summed E-state index contributed by atoms with van der Waals surface area (Å²) in [6.45, 7) is 14.0. The van der Waals surface area contributed by atoms with Crippen LogP contribution in [-0.2, 0) is 11.3 Å². The maximum Gasteiger partial charge on any atom is 0.407 e. The molecule has 2 amide bonds. The van der Waals surface area contributed by atoms with Gasteiger partial charge in [-0.05, 0) is 72.2 Å². The minimum atomic E-state index is -0.629. The van der Waals surface area contributed by atoms with Crippen LogP contribution in [0.15, 0.2) is 30.3 Å². The molecule has 0 unspecified atom stereocenters. The molecule has 0 aliphatic rings. The lowest BCUT2D eigenvalue weighted by Gasteiger charge is -2.28. The number of benzene rings is 1. The van der Waals surface area contributed by atoms with E-state index in [-0.39, 0.29) is 12.5 Å². The van der Waals surface area contributed by atoms with Gasteiger partial charge in [0.1, 0.15) is 5.60 Å². The van der Waals surface area contributed by atoms with E-state index in [0.29, 0.717) is 12.1 Å². The Kier molecular flexibility index (Phi) is 6.72. The molecule has 7 nitrogen and oxygen atoms in total. The molecule has 1 heterocycles. The molecule has 0 radical (unpaired) electrons. The monoisotopic (exact) mass is 400 g/mol. The van der Waals surface area contributed by atoms with E-state index in [2.05, 4.69) is 15.7 Å². The normalized spacial score (nSPS) is 11.8. The molecule has 7 heteroatoms. The van der Waals surface area contributed by atoms with E-state index in [1.165, 1.54) is 0 Å². The molecule has 2 rings (SSSR count). The Balaban J connectivity index is 1.92. The van der Waals surface area contributed by atoms with Crippen molar-refractivity contribution in [1.82, 2.24) is 20.4 Å². The van der Waals surface area contributed by atoms with Gasteiger partial charge in [-0.3, -0.25) is 9.48 Å². The number of aromatic nitrogens is 2. The highest BCUT2D eigenvalue weighted by atomic mass is 16.6. The Morgan fingerprint density at radius 1 is 1.07 bits per heavy atom. The lowest BCUT2D eigenvalue weighted by molar-refractivity contribution is 0.0509. The van der Waals surface area contributed by atoms with Crippen molar-refractivity contribution in [3.05, 3.63) is 52.8 Å². The molecule has 0 aliphatic carbocycles. The van der Waals surface area contributed by atoms with E-state index >= 15 is 0 Å². The van der Waals surface area contributed by atoms with Gasteiger partial charge < -0.3 is 15.4 Å². The minimum Gasteiger partial charge on any atom is -0.444 e. The van der Waals surface area contributed by atoms with Crippen LogP contribution in [0.5, 0.6) is 0 Å². The van der Waals surface area contributed by atoms with Crippen molar-refractivity contribution < 1.29 is 14.3 Å². The average molecular weight is 401 g/mol. The fourth-order valence-electron chi connectivity index (χ4n) is 2.80. The van der Waals surface area contributed by atoms with Crippen molar-refractivity contribution in [2.75, 3.05) is 6.54 Å². The summed E-state index contributed by atoms with van der Waals surface area (Å²) >= 11 is 0. The first kappa shape index (κ1) is 22.5. The molecular weight excluding hydrogens is 368 g/mol. The second kappa shape index (κ2) is 8.68. The van der Waals surface area contributed by atoms with E-state index in [0.717, 1.165) is 17.0 Å². The predicted octanol–water partition coefficient (Wildman–Crippen LogP) is 3.58. The van der Waals surface area contributed by atoms with Crippen LogP contribution in [-0.4, -0.2) is 39.5 Å². The maximum absolute atomic E-state index is 12.6. The van der Waals surface area contributed by atoms with Crippen LogP contribution < -0.4 is 10.6 Å². The van der Waals surface area contributed by atoms with Gasteiger partial charge in [-0.25, -0.2) is 4.79 Å². The summed E-state index contributed by atoms with van der Waals surface area (Å²) in [6, 6.07) is 9.49. The molecule has 0 aliphatic heterocycles. The van der Waals surface area contributed by atoms with Gasteiger partial charge in [0.15, 0.2) is 0 Å². The SMILES string of the molecule is Cc1cc(C)n(Cc2ccc(C(=O)NC(C)(C)CNC(=O)OC(C)(C)C)cc2)n1. The molecule has 0 saturated carbocycles. The average Bonchev–Trinajstić information content (AvgIpc) is 2.89. The van der Waals surface area contributed by atoms with Crippen molar-refractivity contribution >= 4 is 12.0 Å². The van der Waals surface area contributed by atoms with Gasteiger partial charge >= 0.3 is 6.09 Å². The Labute approximate surface area is 172 Å². The third kappa shape index (κ3) is 7.25. The summed E-state index contributed by atoms with van der Waals surface area (Å²) in [5.74, 6) is -0.196. The number of hydrogen-bond acceptors (Lipinski definition) is 4. The second-order valence-electron chi connectivity index (χ2n) is 8.98. The third-order valence-corrected chi connectivity index (χ3v) is 4.18. The van der Waals surface area contributed by atoms with Gasteiger partial charge in [0.25, 0.3) is 5.91 Å². The van der Waals surface area contributed by atoms with Gasteiger partial charge in [0.2, 0.25) is 0 Å². The number of nitrogens with zero attached hydrogens (tertiary/aromatic N) is 2. The number of rotatable bonds is 6. The quantitative estimate of drug-likeness (QED) is 0.776. The number of carbonyl (C=O) groups is 2. The first-order valence-electron chi connectivity index (χ1n) is 9.74. The summed E-state index contributed by atoms with van der Waals surface area (Å²) < 4.78 is 7.17. The van der Waals surface area contributed by atoms with E-state index in [1.54, 1.807) is 32.9 Å². The zero-order valence-corrected chi connectivity index (χ0v) is 18.4. The highest BCUT2D eigenvalue weighted by Gasteiger charge is 2.24. The first-order valence-corrected chi connectivity index (χ1v) is 9.74. The summed E-state index contributed by atoms with van der Waals surface area (Å²) in [5.41, 5.74) is 2.53. The van der Waals surface area contributed by atoms with Crippen LogP contribution in [0.1, 0.15) is 61.9 Å². The molecule has 1 aromatic carbocycles. The molecule has 0 bridgehead atoms. The molecule has 0 saturated heterocycles. The summed E-state index contributed by atoms with van der Waals surface area (Å²) in [5, 5.41) is 10.1. The molecule has 2 N–H and O–H groups in total. The second-order valence-corrected chi connectivity index (χ2v) is 8.98. The lowest BCUT2D eigenvalue weighted by Crippen LogP contribution is -2.52. The number of nitrogens with one attached hydrogen (secondary N) is 2. The zero-order chi connectivity index (χ0) is 21.8. The van der Waals surface area contributed by atoms with E-state index < -0.39 is 17.2 Å². The van der Waals surface area contributed by atoms with Crippen molar-refractivity contribution in [2.24, 2.45) is 0 Å². The van der Waals surface area contributed by atoms with E-state index in [1.807, 2.05) is 50.6 Å². The molecule has 158 valence electrons. The minimum absolute atomic E-state index is 0.196. The van der Waals surface area contributed by atoms with Crippen molar-refractivity contribution in [1.29, 1.82) is 0 Å². The third-order valence-electron chi connectivity index (χ3n) is 4.18. The standard InChI is InChI=1S/C22H32N4O3/c1-15-12-16(2)26(25-15)13-17-8-10-18(11-9-17)19(27)24-22(6,7)14-23-20(28)29-21(3,4)5/h8-12H,13-14H2,1-7H3,(H,23,28)(H,24,27). The Bertz CT molecular complexity index is 861. The number of alkyl carbamates (subject to hydrolysis) is 1. The van der Waals surface area contributed by atoms with Gasteiger partial charge in [0.05, 0.1) is 17.8 Å². The Hall–Kier alpha value is -2.83. The highest BCUT2D eigenvalue weighted by Crippen LogP contribution is 2.11. The molecule has 0 fully saturated rings. The molecule has 1 aromatic heterocycles. The summed E-state index contributed by atoms with van der Waals surface area (Å²) in [4.78, 5) is 24.4. The largest absolute Gasteiger partial charge is 0.444 e. The van der Waals surface area contributed by atoms with Crippen molar-refractivity contribution in [3.8, 4) is 0 Å². The summed E-state index contributed by atoms with van der Waals surface area (Å²) in [6.07, 6.45) is -0.506. The topological polar surface area (TPSA) is 85.2 Å². The lowest BCUT2D eigenvalue weighted by atomic mass is 10.0. The van der Waals surface area contributed by atoms with Gasteiger partial charge in [-0.15, -0.1) is 0 Å². The molecular formula is C22H32N4O3. The van der Waals surface area contributed by atoms with Crippen LogP contribution in [0.3, 0.4) is 0 Å². The fourth-order valence-corrected chi connectivity index (χ4v) is 2.80. The van der Waals surface area contributed by atoms with Gasteiger partial charge in [-0.1, -0.05) is 12.1 Å². The smallest absolute Gasteiger partial charge is 0.407 e. The molecule has 0 atom stereocenters. The van der Waals surface area contributed by atoms with Crippen LogP contribution in [0.2, 0.25) is 0 Å². The van der Waals surface area contributed by atoms with Crippen LogP contribution in [0.25, 0.3) is 0 Å². The van der Waals surface area contributed by atoms with Crippen LogP contribution in [0, 0.1) is 13.8 Å². The first-order chi connectivity index (χ1) is 13.3. The zero-order valence-electron chi connectivity index (χ0n) is 18.4. The molecule has 0 spiro atoms. The van der Waals surface area contributed by atoms with Crippen LogP contribution >= 0.6 is 0 Å². The predicted molar refractivity (Wildman–Crippen MR) is 113 cm³/mol. The highest BCUT2D eigenvalue weighted by molar-refractivity contribution is 5.94. The number of hydrogen-bond donors (Lipinski definition) is 2. The van der Waals surface area contributed by atoms with Crippen LogP contribution in [0.4, 0.5) is 4.79 Å². The fraction of sp³-hybridized carbons (Fsp3) is 0.500. The van der Waals surface area contributed by atoms with Crippen molar-refractivity contribution in [2.45, 2.75) is 66.2 Å². The number of aryl methyl sites for hydroxylation is 2. The molecule has 29 heavy (non-hydrogen) atoms. The number of ether oxygens (including phenoxy) is 1. The van der Waals surface area contributed by atoms with Crippen molar-refractivity contribution in [3.63, 3.8) is 0 Å². The number of carbonyl (C=O) groups excluding carboxylic acids is 2. The maximum atomic E-state index is 12.6. The van der Waals surface area contributed by atoms with E-state index in [4.69, 9.17) is 4.74 Å². The number of amides is 2.